The lowest BCUT2D eigenvalue weighted by Crippen LogP contribution is -2.42. The molecular weight excluding hydrogens is 448 g/mol. The number of nitrogens with one attached hydrogen (secondary N) is 2. The van der Waals surface area contributed by atoms with Gasteiger partial charge in [0.05, 0.1) is 16.7 Å². The minimum atomic E-state index is -3.58. The van der Waals surface area contributed by atoms with Gasteiger partial charge in [-0.3, -0.25) is 15.6 Å². The number of rotatable bonds is 6. The number of fused-ring (bicyclic) bond motifs is 1. The van der Waals surface area contributed by atoms with Gasteiger partial charge < -0.3 is 4.74 Å². The van der Waals surface area contributed by atoms with Gasteiger partial charge in [0, 0.05) is 18.7 Å². The van der Waals surface area contributed by atoms with Crippen LogP contribution in [0.4, 0.5) is 5.13 Å². The number of methoxy groups -OCH3 is 1. The second kappa shape index (κ2) is 9.05. The zero-order valence-electron chi connectivity index (χ0n) is 18.2. The van der Waals surface area contributed by atoms with Crippen LogP contribution in [0, 0.1) is 11.8 Å². The highest BCUT2D eigenvalue weighted by Crippen LogP contribution is 2.32. The fourth-order valence-electron chi connectivity index (χ4n) is 4.05. The van der Waals surface area contributed by atoms with E-state index in [9.17, 15) is 13.2 Å². The van der Waals surface area contributed by atoms with Crippen molar-refractivity contribution in [3.63, 3.8) is 0 Å². The molecule has 2 atom stereocenters. The van der Waals surface area contributed by atoms with Crippen LogP contribution in [0.25, 0.3) is 10.2 Å². The van der Waals surface area contributed by atoms with Crippen molar-refractivity contribution >= 4 is 42.6 Å². The monoisotopic (exact) mass is 474 g/mol. The van der Waals surface area contributed by atoms with Gasteiger partial charge in [-0.05, 0) is 54.7 Å². The summed E-state index contributed by atoms with van der Waals surface area (Å²) in [6, 6.07) is 11.6. The van der Waals surface area contributed by atoms with Gasteiger partial charge in [0.1, 0.15) is 11.3 Å². The van der Waals surface area contributed by atoms with Crippen molar-refractivity contribution in [1.29, 1.82) is 0 Å². The molecule has 4 rings (SSSR count). The van der Waals surface area contributed by atoms with E-state index in [1.165, 1.54) is 35.6 Å². The first-order chi connectivity index (χ1) is 15.3. The summed E-state index contributed by atoms with van der Waals surface area (Å²) in [4.78, 5) is 17.2. The van der Waals surface area contributed by atoms with Crippen LogP contribution in [-0.2, 0) is 10.0 Å². The Morgan fingerprint density at radius 3 is 2.47 bits per heavy atom. The van der Waals surface area contributed by atoms with Gasteiger partial charge in [-0.2, -0.15) is 4.31 Å². The number of hydrogen-bond donors (Lipinski definition) is 2. The van der Waals surface area contributed by atoms with Gasteiger partial charge in [-0.15, -0.1) is 0 Å². The molecular formula is C22H26N4O4S2. The first kappa shape index (κ1) is 22.5. The summed E-state index contributed by atoms with van der Waals surface area (Å²) in [5, 5.41) is 0.519. The molecule has 8 nitrogen and oxygen atoms in total. The van der Waals surface area contributed by atoms with Crippen molar-refractivity contribution < 1.29 is 17.9 Å². The van der Waals surface area contributed by atoms with E-state index in [1.807, 2.05) is 18.2 Å². The molecule has 0 spiro atoms. The van der Waals surface area contributed by atoms with Crippen LogP contribution in [-0.4, -0.2) is 43.8 Å². The second-order valence-electron chi connectivity index (χ2n) is 8.20. The number of carbonyl (C=O) groups is 1. The Morgan fingerprint density at radius 2 is 1.81 bits per heavy atom. The lowest BCUT2D eigenvalue weighted by Gasteiger charge is -2.34. The number of hydrazine groups is 1. The molecule has 170 valence electrons. The van der Waals surface area contributed by atoms with Crippen LogP contribution in [0.1, 0.15) is 30.6 Å². The van der Waals surface area contributed by atoms with Crippen molar-refractivity contribution in [3.05, 3.63) is 48.0 Å². The molecule has 1 aromatic heterocycles. The topological polar surface area (TPSA) is 101 Å². The Balaban J connectivity index is 1.43. The molecule has 1 amide bonds. The van der Waals surface area contributed by atoms with Crippen molar-refractivity contribution in [3.8, 4) is 5.75 Å². The number of sulfonamides is 1. The molecule has 0 radical (unpaired) electrons. The molecule has 2 N–H and O–H groups in total. The van der Waals surface area contributed by atoms with Crippen LogP contribution >= 0.6 is 11.3 Å². The smallest absolute Gasteiger partial charge is 0.269 e. The first-order valence-electron chi connectivity index (χ1n) is 10.4. The molecule has 1 aliphatic rings. The quantitative estimate of drug-likeness (QED) is 0.528. The summed E-state index contributed by atoms with van der Waals surface area (Å²) in [5.74, 6) is 0.923. The molecule has 1 aliphatic heterocycles. The summed E-state index contributed by atoms with van der Waals surface area (Å²) in [6.45, 7) is 5.18. The number of para-hydroxylation sites is 1. The predicted molar refractivity (Wildman–Crippen MR) is 125 cm³/mol. The predicted octanol–water partition coefficient (Wildman–Crippen LogP) is 3.73. The standard InChI is InChI=1S/C22H26N4O4S2/c1-14-11-15(2)13-26(12-14)32(28,29)17-9-7-16(8-10-17)21(27)24-25-22-23-20-18(30-3)5-4-6-19(20)31-22/h4-10,14-15H,11-13H2,1-3H3,(H,23,25)(H,24,27)/t14-,15-/m0/s1. The summed E-state index contributed by atoms with van der Waals surface area (Å²) in [7, 11) is -2.00. The fourth-order valence-corrected chi connectivity index (χ4v) is 6.57. The van der Waals surface area contributed by atoms with Crippen molar-refractivity contribution in [2.75, 3.05) is 25.6 Å². The zero-order valence-corrected chi connectivity index (χ0v) is 19.8. The van der Waals surface area contributed by atoms with E-state index in [0.717, 1.165) is 11.1 Å². The summed E-state index contributed by atoms with van der Waals surface area (Å²) >= 11 is 1.38. The van der Waals surface area contributed by atoms with E-state index in [2.05, 4.69) is 29.7 Å². The third kappa shape index (κ3) is 4.57. The van der Waals surface area contributed by atoms with Crippen molar-refractivity contribution in [1.82, 2.24) is 14.7 Å². The fraction of sp³-hybridized carbons (Fsp3) is 0.364. The molecule has 0 unspecified atom stereocenters. The van der Waals surface area contributed by atoms with Crippen LogP contribution in [0.2, 0.25) is 0 Å². The third-order valence-electron chi connectivity index (χ3n) is 5.47. The Morgan fingerprint density at radius 1 is 1.12 bits per heavy atom. The molecule has 10 heteroatoms. The van der Waals surface area contributed by atoms with Gasteiger partial charge in [0.15, 0.2) is 0 Å². The van der Waals surface area contributed by atoms with Gasteiger partial charge in [0.25, 0.3) is 5.91 Å². The van der Waals surface area contributed by atoms with E-state index in [4.69, 9.17) is 4.74 Å². The minimum absolute atomic E-state index is 0.196. The Hall–Kier alpha value is -2.69. The minimum Gasteiger partial charge on any atom is -0.494 e. The number of benzene rings is 2. The van der Waals surface area contributed by atoms with Gasteiger partial charge in [-0.1, -0.05) is 31.3 Å². The summed E-state index contributed by atoms with van der Waals surface area (Å²) in [5.41, 5.74) is 6.48. The van der Waals surface area contributed by atoms with Crippen LogP contribution in [0.15, 0.2) is 47.4 Å². The molecule has 0 bridgehead atoms. The molecule has 3 aromatic rings. The molecule has 0 aliphatic carbocycles. The Bertz CT molecular complexity index is 1210. The number of carbonyl (C=O) groups excluding carboxylic acids is 1. The highest BCUT2D eigenvalue weighted by molar-refractivity contribution is 7.89. The number of piperidine rings is 1. The van der Waals surface area contributed by atoms with E-state index in [1.54, 1.807) is 11.4 Å². The number of anilines is 1. The highest BCUT2D eigenvalue weighted by atomic mass is 32.2. The maximum atomic E-state index is 13.0. The largest absolute Gasteiger partial charge is 0.494 e. The molecule has 1 saturated heterocycles. The molecule has 2 aromatic carbocycles. The van der Waals surface area contributed by atoms with Gasteiger partial charge in [-0.25, -0.2) is 13.4 Å². The maximum Gasteiger partial charge on any atom is 0.269 e. The highest BCUT2D eigenvalue weighted by Gasteiger charge is 2.31. The average Bonchev–Trinajstić information content (AvgIpc) is 3.20. The number of hydrogen-bond acceptors (Lipinski definition) is 7. The Kier molecular flexibility index (Phi) is 6.36. The first-order valence-corrected chi connectivity index (χ1v) is 12.6. The maximum absolute atomic E-state index is 13.0. The van der Waals surface area contributed by atoms with Crippen molar-refractivity contribution in [2.24, 2.45) is 11.8 Å². The number of thiazole rings is 1. The van der Waals surface area contributed by atoms with Crippen LogP contribution in [0.5, 0.6) is 5.75 Å². The third-order valence-corrected chi connectivity index (χ3v) is 8.26. The molecule has 32 heavy (non-hydrogen) atoms. The lowest BCUT2D eigenvalue weighted by atomic mass is 9.94. The molecule has 0 saturated carbocycles. The number of aromatic nitrogens is 1. The summed E-state index contributed by atoms with van der Waals surface area (Å²) < 4.78 is 33.8. The summed E-state index contributed by atoms with van der Waals surface area (Å²) in [6.07, 6.45) is 1.03. The van der Waals surface area contributed by atoms with Gasteiger partial charge >= 0.3 is 0 Å². The number of amides is 1. The van der Waals surface area contributed by atoms with E-state index in [0.29, 0.717) is 46.9 Å². The van der Waals surface area contributed by atoms with E-state index >= 15 is 0 Å². The lowest BCUT2D eigenvalue weighted by molar-refractivity contribution is 0.0962. The Labute approximate surface area is 191 Å². The molecule has 2 heterocycles. The normalized spacial score (nSPS) is 19.6. The van der Waals surface area contributed by atoms with Crippen molar-refractivity contribution in [2.45, 2.75) is 25.2 Å². The SMILES string of the molecule is COc1cccc2sc(NNC(=O)c3ccc(S(=O)(=O)N4C[C@@H](C)C[C@H](C)C4)cc3)nc12. The second-order valence-corrected chi connectivity index (χ2v) is 11.2. The number of ether oxygens (including phenoxy) is 1. The zero-order chi connectivity index (χ0) is 22.9. The van der Waals surface area contributed by atoms with E-state index in [-0.39, 0.29) is 10.8 Å². The van der Waals surface area contributed by atoms with E-state index < -0.39 is 10.0 Å². The average molecular weight is 475 g/mol. The molecule has 1 fully saturated rings. The van der Waals surface area contributed by atoms with Crippen LogP contribution < -0.4 is 15.6 Å². The van der Waals surface area contributed by atoms with Gasteiger partial charge in [0.2, 0.25) is 15.2 Å². The number of nitrogens with zero attached hydrogens (tertiary/aromatic N) is 2. The van der Waals surface area contributed by atoms with Crippen LogP contribution in [0.3, 0.4) is 0 Å².